The molecule has 0 atom stereocenters. The molecule has 98 valence electrons. The fourth-order valence-electron chi connectivity index (χ4n) is 1.35. The highest BCUT2D eigenvalue weighted by Gasteiger charge is 2.19. The fraction of sp³-hybridized carbons (Fsp3) is 0. The minimum atomic E-state index is -1.19. The standard InChI is InChI=1S/C11H7F2N3O3/c12-7-5-10(8(13)4-9(7)16(17)18)19-6-1-2-15-11(14)3-6/h1-5H,(H2,14,15). The number of hydrogen-bond donors (Lipinski definition) is 1. The molecular weight excluding hydrogens is 260 g/mol. The van der Waals surface area contributed by atoms with Crippen molar-refractivity contribution >= 4 is 11.5 Å². The van der Waals surface area contributed by atoms with E-state index >= 15 is 0 Å². The van der Waals surface area contributed by atoms with Gasteiger partial charge in [0.2, 0.25) is 5.82 Å². The Balaban J connectivity index is 2.36. The number of ether oxygens (including phenoxy) is 1. The second kappa shape index (κ2) is 4.84. The van der Waals surface area contributed by atoms with Crippen molar-refractivity contribution in [3.05, 3.63) is 52.2 Å². The van der Waals surface area contributed by atoms with E-state index in [0.717, 1.165) is 0 Å². The first kappa shape index (κ1) is 12.7. The minimum absolute atomic E-state index is 0.139. The van der Waals surface area contributed by atoms with Gasteiger partial charge in [-0.3, -0.25) is 10.1 Å². The first-order valence-corrected chi connectivity index (χ1v) is 5.00. The van der Waals surface area contributed by atoms with Gasteiger partial charge in [-0.1, -0.05) is 0 Å². The lowest BCUT2D eigenvalue weighted by molar-refractivity contribution is -0.387. The Morgan fingerprint density at radius 2 is 2.00 bits per heavy atom. The third-order valence-electron chi connectivity index (χ3n) is 2.18. The van der Waals surface area contributed by atoms with Crippen LogP contribution in [0.3, 0.4) is 0 Å². The Labute approximate surface area is 105 Å². The highest BCUT2D eigenvalue weighted by atomic mass is 19.1. The number of pyridine rings is 1. The molecule has 0 radical (unpaired) electrons. The molecule has 0 aliphatic rings. The van der Waals surface area contributed by atoms with E-state index < -0.39 is 28.0 Å². The topological polar surface area (TPSA) is 91.3 Å². The zero-order valence-electron chi connectivity index (χ0n) is 9.34. The Bertz CT molecular complexity index is 649. The molecule has 8 heteroatoms. The van der Waals surface area contributed by atoms with Crippen molar-refractivity contribution < 1.29 is 18.4 Å². The Hall–Kier alpha value is -2.77. The van der Waals surface area contributed by atoms with Gasteiger partial charge in [0.15, 0.2) is 11.6 Å². The first-order valence-electron chi connectivity index (χ1n) is 5.00. The molecule has 2 N–H and O–H groups in total. The molecule has 0 aliphatic carbocycles. The molecule has 0 aliphatic heterocycles. The summed E-state index contributed by atoms with van der Waals surface area (Å²) in [5, 5.41) is 10.4. The van der Waals surface area contributed by atoms with Gasteiger partial charge in [-0.25, -0.2) is 9.37 Å². The van der Waals surface area contributed by atoms with Crippen molar-refractivity contribution in [3.63, 3.8) is 0 Å². The van der Waals surface area contributed by atoms with Gasteiger partial charge in [0.25, 0.3) is 0 Å². The maximum Gasteiger partial charge on any atom is 0.307 e. The van der Waals surface area contributed by atoms with Crippen molar-refractivity contribution in [1.82, 2.24) is 4.98 Å². The Morgan fingerprint density at radius 1 is 1.26 bits per heavy atom. The molecular formula is C11H7F2N3O3. The van der Waals surface area contributed by atoms with Gasteiger partial charge in [-0.05, 0) is 6.07 Å². The molecule has 6 nitrogen and oxygen atoms in total. The zero-order chi connectivity index (χ0) is 14.0. The van der Waals surface area contributed by atoms with E-state index in [9.17, 15) is 18.9 Å². The molecule has 19 heavy (non-hydrogen) atoms. The number of anilines is 1. The van der Waals surface area contributed by atoms with E-state index in [-0.39, 0.29) is 11.6 Å². The summed E-state index contributed by atoms with van der Waals surface area (Å²) in [7, 11) is 0. The van der Waals surface area contributed by atoms with E-state index in [4.69, 9.17) is 10.5 Å². The third kappa shape index (κ3) is 2.73. The van der Waals surface area contributed by atoms with Crippen molar-refractivity contribution in [1.29, 1.82) is 0 Å². The van der Waals surface area contributed by atoms with Gasteiger partial charge in [-0.15, -0.1) is 0 Å². The maximum atomic E-state index is 13.5. The summed E-state index contributed by atoms with van der Waals surface area (Å²) in [6.07, 6.45) is 1.32. The summed E-state index contributed by atoms with van der Waals surface area (Å²) in [6.45, 7) is 0. The number of aromatic nitrogens is 1. The van der Waals surface area contributed by atoms with Crippen LogP contribution in [-0.2, 0) is 0 Å². The largest absolute Gasteiger partial charge is 0.454 e. The van der Waals surface area contributed by atoms with Crippen LogP contribution in [0.2, 0.25) is 0 Å². The minimum Gasteiger partial charge on any atom is -0.454 e. The number of hydrogen-bond acceptors (Lipinski definition) is 5. The van der Waals surface area contributed by atoms with E-state index in [2.05, 4.69) is 4.98 Å². The van der Waals surface area contributed by atoms with Gasteiger partial charge in [0.05, 0.1) is 11.0 Å². The van der Waals surface area contributed by atoms with Crippen LogP contribution in [-0.4, -0.2) is 9.91 Å². The van der Waals surface area contributed by atoms with Crippen LogP contribution < -0.4 is 10.5 Å². The number of nitro benzene ring substituents is 1. The number of rotatable bonds is 3. The van der Waals surface area contributed by atoms with Crippen LogP contribution in [0.25, 0.3) is 0 Å². The van der Waals surface area contributed by atoms with Gasteiger partial charge in [0, 0.05) is 18.3 Å². The van der Waals surface area contributed by atoms with Crippen LogP contribution >= 0.6 is 0 Å². The monoisotopic (exact) mass is 267 g/mol. The van der Waals surface area contributed by atoms with Crippen molar-refractivity contribution in [3.8, 4) is 11.5 Å². The SMILES string of the molecule is Nc1cc(Oc2cc(F)c([N+](=O)[O-])cc2F)ccn1. The van der Waals surface area contributed by atoms with Crippen molar-refractivity contribution in [2.24, 2.45) is 0 Å². The number of halogens is 2. The molecule has 0 bridgehead atoms. The lowest BCUT2D eigenvalue weighted by Gasteiger charge is -2.07. The van der Waals surface area contributed by atoms with E-state index in [1.807, 2.05) is 0 Å². The lowest BCUT2D eigenvalue weighted by atomic mass is 10.2. The summed E-state index contributed by atoms with van der Waals surface area (Å²) in [6, 6.07) is 3.74. The van der Waals surface area contributed by atoms with Gasteiger partial charge in [0.1, 0.15) is 11.6 Å². The van der Waals surface area contributed by atoms with E-state index in [0.29, 0.717) is 12.1 Å². The van der Waals surface area contributed by atoms with Crippen LogP contribution in [0.5, 0.6) is 11.5 Å². The Morgan fingerprint density at radius 3 is 2.63 bits per heavy atom. The average molecular weight is 267 g/mol. The molecule has 1 aromatic carbocycles. The second-order valence-electron chi connectivity index (χ2n) is 3.51. The van der Waals surface area contributed by atoms with Gasteiger partial charge >= 0.3 is 5.69 Å². The molecule has 0 amide bonds. The fourth-order valence-corrected chi connectivity index (χ4v) is 1.35. The van der Waals surface area contributed by atoms with Crippen LogP contribution in [0.4, 0.5) is 20.3 Å². The number of nitrogen functional groups attached to an aromatic ring is 1. The number of nitro groups is 1. The normalized spacial score (nSPS) is 10.2. The molecule has 0 fully saturated rings. The van der Waals surface area contributed by atoms with Crippen LogP contribution in [0.1, 0.15) is 0 Å². The molecule has 2 rings (SSSR count). The lowest BCUT2D eigenvalue weighted by Crippen LogP contribution is -1.97. The molecule has 0 unspecified atom stereocenters. The van der Waals surface area contributed by atoms with E-state index in [1.165, 1.54) is 18.3 Å². The molecule has 0 saturated heterocycles. The summed E-state index contributed by atoms with van der Waals surface area (Å²) < 4.78 is 31.9. The predicted molar refractivity (Wildman–Crippen MR) is 61.7 cm³/mol. The number of nitrogens with two attached hydrogens (primary N) is 1. The van der Waals surface area contributed by atoms with Crippen LogP contribution in [0, 0.1) is 21.7 Å². The number of benzene rings is 1. The van der Waals surface area contributed by atoms with Crippen molar-refractivity contribution in [2.75, 3.05) is 5.73 Å². The molecule has 2 aromatic rings. The summed E-state index contributed by atoms with van der Waals surface area (Å²) in [5.41, 5.74) is 4.44. The summed E-state index contributed by atoms with van der Waals surface area (Å²) >= 11 is 0. The molecule has 0 saturated carbocycles. The van der Waals surface area contributed by atoms with E-state index in [1.54, 1.807) is 0 Å². The third-order valence-corrected chi connectivity index (χ3v) is 2.18. The number of nitrogens with zero attached hydrogens (tertiary/aromatic N) is 2. The second-order valence-corrected chi connectivity index (χ2v) is 3.51. The molecule has 0 spiro atoms. The van der Waals surface area contributed by atoms with Gasteiger partial charge in [-0.2, -0.15) is 4.39 Å². The first-order chi connectivity index (χ1) is 8.97. The summed E-state index contributed by atoms with van der Waals surface area (Å²) in [4.78, 5) is 13.1. The van der Waals surface area contributed by atoms with Crippen LogP contribution in [0.15, 0.2) is 30.5 Å². The molecule has 1 aromatic heterocycles. The molecule has 1 heterocycles. The highest BCUT2D eigenvalue weighted by molar-refractivity contribution is 5.43. The predicted octanol–water partition coefficient (Wildman–Crippen LogP) is 2.64. The average Bonchev–Trinajstić information content (AvgIpc) is 2.33. The highest BCUT2D eigenvalue weighted by Crippen LogP contribution is 2.30. The maximum absolute atomic E-state index is 13.5. The van der Waals surface area contributed by atoms with Crippen molar-refractivity contribution in [2.45, 2.75) is 0 Å². The quantitative estimate of drug-likeness (QED) is 0.681. The smallest absolute Gasteiger partial charge is 0.307 e. The van der Waals surface area contributed by atoms with Gasteiger partial charge < -0.3 is 10.5 Å². The Kier molecular flexibility index (Phi) is 3.23. The zero-order valence-corrected chi connectivity index (χ0v) is 9.34. The summed E-state index contributed by atoms with van der Waals surface area (Å²) in [5.74, 6) is -2.44.